The normalized spacial score (nSPS) is 11.0. The summed E-state index contributed by atoms with van der Waals surface area (Å²) in [5.41, 5.74) is 7.89. The number of aryl methyl sites for hydroxylation is 4. The summed E-state index contributed by atoms with van der Waals surface area (Å²) in [5.74, 6) is 0. The first kappa shape index (κ1) is 21.3. The molecule has 0 radical (unpaired) electrons. The molecule has 0 fully saturated rings. The van der Waals surface area contributed by atoms with Crippen LogP contribution in [0.5, 0.6) is 0 Å². The minimum atomic E-state index is 1.07. The summed E-state index contributed by atoms with van der Waals surface area (Å²) in [6, 6.07) is 22.5. The van der Waals surface area contributed by atoms with Crippen LogP contribution in [0.15, 0.2) is 66.9 Å². The van der Waals surface area contributed by atoms with Crippen molar-refractivity contribution < 1.29 is 0 Å². The third-order valence-electron chi connectivity index (χ3n) is 5.69. The van der Waals surface area contributed by atoms with Crippen LogP contribution in [-0.4, -0.2) is 4.98 Å². The number of pyridine rings is 1. The van der Waals surface area contributed by atoms with Gasteiger partial charge in [-0.15, -0.1) is 0 Å². The summed E-state index contributed by atoms with van der Waals surface area (Å²) >= 11 is 0. The molecule has 0 spiro atoms. The highest BCUT2D eigenvalue weighted by atomic mass is 14.7. The molecule has 1 heterocycles. The molecule has 2 aromatic carbocycles. The lowest BCUT2D eigenvalue weighted by atomic mass is 10.00. The van der Waals surface area contributed by atoms with Gasteiger partial charge >= 0.3 is 0 Å². The Balaban J connectivity index is 1.52. The van der Waals surface area contributed by atoms with Gasteiger partial charge in [0.1, 0.15) is 0 Å². The number of aromatic nitrogens is 1. The van der Waals surface area contributed by atoms with Crippen molar-refractivity contribution in [2.24, 2.45) is 0 Å². The van der Waals surface area contributed by atoms with Crippen LogP contribution in [0.1, 0.15) is 68.2 Å². The Kier molecular flexibility index (Phi) is 8.49. The Labute approximate surface area is 177 Å². The van der Waals surface area contributed by atoms with Gasteiger partial charge in [0.25, 0.3) is 0 Å². The summed E-state index contributed by atoms with van der Waals surface area (Å²) in [4.78, 5) is 4.68. The van der Waals surface area contributed by atoms with Gasteiger partial charge in [-0.1, -0.05) is 87.7 Å². The fourth-order valence-electron chi connectivity index (χ4n) is 3.71. The lowest BCUT2D eigenvalue weighted by Crippen LogP contribution is -1.93. The van der Waals surface area contributed by atoms with Crippen LogP contribution in [0, 0.1) is 0 Å². The van der Waals surface area contributed by atoms with E-state index in [0.29, 0.717) is 0 Å². The molecular weight excluding hydrogens is 350 g/mol. The zero-order valence-electron chi connectivity index (χ0n) is 18.2. The van der Waals surface area contributed by atoms with Crippen LogP contribution >= 0.6 is 0 Å². The van der Waals surface area contributed by atoms with Gasteiger partial charge in [-0.25, -0.2) is 0 Å². The van der Waals surface area contributed by atoms with E-state index < -0.39 is 0 Å². The minimum absolute atomic E-state index is 1.07. The first-order valence-corrected chi connectivity index (χ1v) is 11.4. The monoisotopic (exact) mass is 385 g/mol. The Morgan fingerprint density at radius 1 is 0.517 bits per heavy atom. The molecule has 1 heteroatoms. The average Bonchev–Trinajstić information content (AvgIpc) is 2.78. The summed E-state index contributed by atoms with van der Waals surface area (Å²) < 4.78 is 0. The maximum absolute atomic E-state index is 4.68. The fourth-order valence-corrected chi connectivity index (χ4v) is 3.71. The molecule has 0 amide bonds. The number of rotatable bonds is 11. The molecule has 3 aromatic rings. The second kappa shape index (κ2) is 11.6. The molecule has 1 nitrogen and oxygen atoms in total. The van der Waals surface area contributed by atoms with E-state index in [1.54, 1.807) is 0 Å². The first-order valence-electron chi connectivity index (χ1n) is 11.4. The van der Waals surface area contributed by atoms with Gasteiger partial charge in [0.05, 0.1) is 5.69 Å². The highest BCUT2D eigenvalue weighted by Crippen LogP contribution is 2.19. The molecule has 0 saturated heterocycles. The molecule has 0 aliphatic carbocycles. The molecule has 3 rings (SSSR count). The van der Waals surface area contributed by atoms with Crippen LogP contribution in [0.3, 0.4) is 0 Å². The van der Waals surface area contributed by atoms with Crippen LogP contribution in [-0.2, 0) is 25.7 Å². The van der Waals surface area contributed by atoms with Gasteiger partial charge in [-0.2, -0.15) is 0 Å². The van der Waals surface area contributed by atoms with Crippen molar-refractivity contribution in [1.29, 1.82) is 0 Å². The van der Waals surface area contributed by atoms with Gasteiger partial charge in [0, 0.05) is 11.8 Å². The quantitative estimate of drug-likeness (QED) is 0.309. The van der Waals surface area contributed by atoms with Gasteiger partial charge in [-0.05, 0) is 66.8 Å². The van der Waals surface area contributed by atoms with Crippen molar-refractivity contribution in [3.05, 3.63) is 89.1 Å². The maximum atomic E-state index is 4.68. The van der Waals surface area contributed by atoms with E-state index in [-0.39, 0.29) is 0 Å². The van der Waals surface area contributed by atoms with Gasteiger partial charge in [0.2, 0.25) is 0 Å². The Morgan fingerprint density at radius 2 is 1.03 bits per heavy atom. The Bertz CT molecular complexity index is 829. The second-order valence-electron chi connectivity index (χ2n) is 8.13. The van der Waals surface area contributed by atoms with Gasteiger partial charge < -0.3 is 0 Å². The summed E-state index contributed by atoms with van der Waals surface area (Å²) in [6.45, 7) is 4.49. The van der Waals surface area contributed by atoms with Gasteiger partial charge in [0.15, 0.2) is 0 Å². The third-order valence-corrected chi connectivity index (χ3v) is 5.69. The maximum Gasteiger partial charge on any atom is 0.0702 e. The molecule has 0 aliphatic heterocycles. The molecule has 29 heavy (non-hydrogen) atoms. The van der Waals surface area contributed by atoms with Crippen molar-refractivity contribution in [1.82, 2.24) is 4.98 Å². The van der Waals surface area contributed by atoms with Crippen LogP contribution in [0.4, 0.5) is 0 Å². The Morgan fingerprint density at radius 3 is 1.59 bits per heavy atom. The SMILES string of the molecule is CCCCCc1ccc(-c2ccc(CCc3ccc(CCCC)cc3)cc2)nc1. The topological polar surface area (TPSA) is 12.9 Å². The van der Waals surface area contributed by atoms with Gasteiger partial charge in [-0.3, -0.25) is 4.98 Å². The second-order valence-corrected chi connectivity index (χ2v) is 8.13. The molecule has 0 unspecified atom stereocenters. The molecular formula is C28H35N. The number of benzene rings is 2. The summed E-state index contributed by atoms with van der Waals surface area (Å²) in [6.07, 6.45) is 12.9. The smallest absolute Gasteiger partial charge is 0.0702 e. The number of unbranched alkanes of at least 4 members (excludes halogenated alkanes) is 3. The van der Waals surface area contributed by atoms with Crippen molar-refractivity contribution in [3.63, 3.8) is 0 Å². The van der Waals surface area contributed by atoms with Crippen molar-refractivity contribution >= 4 is 0 Å². The van der Waals surface area contributed by atoms with E-state index >= 15 is 0 Å². The highest BCUT2D eigenvalue weighted by molar-refractivity contribution is 5.59. The predicted molar refractivity (Wildman–Crippen MR) is 125 cm³/mol. The van der Waals surface area contributed by atoms with Crippen LogP contribution in [0.2, 0.25) is 0 Å². The van der Waals surface area contributed by atoms with E-state index in [1.165, 1.54) is 66.3 Å². The summed E-state index contributed by atoms with van der Waals surface area (Å²) in [7, 11) is 0. The fraction of sp³-hybridized carbons (Fsp3) is 0.393. The van der Waals surface area contributed by atoms with E-state index in [9.17, 15) is 0 Å². The van der Waals surface area contributed by atoms with Crippen molar-refractivity contribution in [3.8, 4) is 11.3 Å². The molecule has 0 saturated carbocycles. The van der Waals surface area contributed by atoms with E-state index in [4.69, 9.17) is 0 Å². The lowest BCUT2D eigenvalue weighted by molar-refractivity contribution is 0.716. The van der Waals surface area contributed by atoms with Crippen molar-refractivity contribution in [2.75, 3.05) is 0 Å². The molecule has 1 aromatic heterocycles. The lowest BCUT2D eigenvalue weighted by Gasteiger charge is -2.07. The highest BCUT2D eigenvalue weighted by Gasteiger charge is 2.02. The summed E-state index contributed by atoms with van der Waals surface area (Å²) in [5, 5.41) is 0. The molecule has 0 atom stereocenters. The van der Waals surface area contributed by atoms with E-state index in [1.807, 2.05) is 6.20 Å². The molecule has 0 bridgehead atoms. The molecule has 0 aliphatic rings. The number of hydrogen-bond acceptors (Lipinski definition) is 1. The largest absolute Gasteiger partial charge is 0.256 e. The standard InChI is InChI=1S/C28H35N/c1-3-5-7-9-26-18-21-28(29-22-26)27-19-16-25(17-20-27)15-14-24-12-10-23(11-13-24)8-6-4-2/h10-13,16-22H,3-9,14-15H2,1-2H3. The van der Waals surface area contributed by atoms with Crippen LogP contribution < -0.4 is 0 Å². The predicted octanol–water partition coefficient (Wildman–Crippen LogP) is 7.61. The average molecular weight is 386 g/mol. The number of hydrogen-bond donors (Lipinski definition) is 0. The minimum Gasteiger partial charge on any atom is -0.256 e. The Hall–Kier alpha value is -2.41. The first-order chi connectivity index (χ1) is 14.3. The van der Waals surface area contributed by atoms with E-state index in [2.05, 4.69) is 79.5 Å². The molecule has 152 valence electrons. The zero-order chi connectivity index (χ0) is 20.3. The number of nitrogens with zero attached hydrogens (tertiary/aromatic N) is 1. The zero-order valence-corrected chi connectivity index (χ0v) is 18.2. The third kappa shape index (κ3) is 6.85. The van der Waals surface area contributed by atoms with Crippen molar-refractivity contribution in [2.45, 2.75) is 71.6 Å². The van der Waals surface area contributed by atoms with E-state index in [0.717, 1.165) is 25.0 Å². The molecule has 0 N–H and O–H groups in total. The van der Waals surface area contributed by atoms with Crippen LogP contribution in [0.25, 0.3) is 11.3 Å².